The zero-order valence-electron chi connectivity index (χ0n) is 39.3. The van der Waals surface area contributed by atoms with Gasteiger partial charge in [-0.15, -0.1) is 0 Å². The fraction of sp³-hybridized carbons (Fsp3) is 0.909. The molecule has 0 saturated heterocycles. The van der Waals surface area contributed by atoms with Gasteiger partial charge in [-0.2, -0.15) is 0 Å². The Balaban J connectivity index is 0.963. The summed E-state index contributed by atoms with van der Waals surface area (Å²) in [6.45, 7) is 15.0. The fourth-order valence-electron chi connectivity index (χ4n) is 13.1. The summed E-state index contributed by atoms with van der Waals surface area (Å²) < 4.78 is 6.17. The lowest BCUT2D eigenvalue weighted by Gasteiger charge is -2.58. The molecule has 0 heterocycles. The van der Waals surface area contributed by atoms with Gasteiger partial charge in [-0.25, -0.2) is 0 Å². The summed E-state index contributed by atoms with van der Waals surface area (Å²) in [4.78, 5) is 12.9. The number of fused-ring (bicyclic) bond motifs is 5. The Morgan fingerprint density at radius 1 is 0.667 bits per heavy atom. The van der Waals surface area contributed by atoms with Gasteiger partial charge in [-0.05, 0) is 123 Å². The molecule has 0 amide bonds. The van der Waals surface area contributed by atoms with Gasteiger partial charge in [0, 0.05) is 12.8 Å². The number of carbonyl (C=O) groups excluding carboxylic acids is 1. The van der Waals surface area contributed by atoms with E-state index in [9.17, 15) is 4.79 Å². The maximum Gasteiger partial charge on any atom is 0.306 e. The van der Waals surface area contributed by atoms with Crippen LogP contribution < -0.4 is 0 Å². The van der Waals surface area contributed by atoms with Gasteiger partial charge in [0.15, 0.2) is 0 Å². The molecule has 0 bridgehead atoms. The van der Waals surface area contributed by atoms with E-state index >= 15 is 0 Å². The zero-order chi connectivity index (χ0) is 40.8. The Morgan fingerprint density at radius 2 is 1.23 bits per heavy atom. The number of carbonyl (C=O) groups is 1. The molecule has 8 unspecified atom stereocenters. The Morgan fingerprint density at radius 3 is 1.81 bits per heavy atom. The molecular weight excluding hydrogens is 693 g/mol. The minimum atomic E-state index is 0.0661. The SMILES string of the molecule is CCCCCCCCCC/C=C\CCCCCCCCCCCCCCCC(=O)OC1CCC2(C)C(=CCC3C2CCC2(C)C(C(C)CCCC(C)C)CCC32)C1. The first-order valence-corrected chi connectivity index (χ1v) is 26.2. The second-order valence-corrected chi connectivity index (χ2v) is 21.5. The van der Waals surface area contributed by atoms with Crippen LogP contribution in [-0.2, 0) is 9.53 Å². The number of rotatable bonds is 31. The van der Waals surface area contributed by atoms with E-state index in [0.29, 0.717) is 17.3 Å². The van der Waals surface area contributed by atoms with E-state index in [4.69, 9.17) is 4.74 Å². The fourth-order valence-corrected chi connectivity index (χ4v) is 13.1. The van der Waals surface area contributed by atoms with Crippen molar-refractivity contribution in [1.82, 2.24) is 0 Å². The normalized spacial score (nSPS) is 29.0. The maximum absolute atomic E-state index is 12.9. The van der Waals surface area contributed by atoms with Crippen LogP contribution in [0.5, 0.6) is 0 Å². The molecule has 0 aromatic carbocycles. The summed E-state index contributed by atoms with van der Waals surface area (Å²) in [5.74, 6) is 5.33. The molecule has 330 valence electrons. The second kappa shape index (κ2) is 27.0. The highest BCUT2D eigenvalue weighted by atomic mass is 16.5. The van der Waals surface area contributed by atoms with Crippen molar-refractivity contribution in [1.29, 1.82) is 0 Å². The smallest absolute Gasteiger partial charge is 0.306 e. The first kappa shape index (κ1) is 48.6. The third-order valence-electron chi connectivity index (χ3n) is 16.7. The second-order valence-electron chi connectivity index (χ2n) is 21.5. The van der Waals surface area contributed by atoms with Crippen LogP contribution in [0.1, 0.15) is 266 Å². The zero-order valence-corrected chi connectivity index (χ0v) is 39.3. The van der Waals surface area contributed by atoms with Gasteiger partial charge in [0.1, 0.15) is 6.10 Å². The van der Waals surface area contributed by atoms with Crippen molar-refractivity contribution in [3.63, 3.8) is 0 Å². The summed E-state index contributed by atoms with van der Waals surface area (Å²) in [6, 6.07) is 0. The molecule has 0 aromatic rings. The van der Waals surface area contributed by atoms with Gasteiger partial charge >= 0.3 is 5.97 Å². The highest BCUT2D eigenvalue weighted by molar-refractivity contribution is 5.69. The van der Waals surface area contributed by atoms with Crippen LogP contribution in [0.4, 0.5) is 0 Å². The molecule has 0 aliphatic heterocycles. The van der Waals surface area contributed by atoms with Crippen molar-refractivity contribution in [3.8, 4) is 0 Å². The molecule has 4 aliphatic carbocycles. The van der Waals surface area contributed by atoms with E-state index in [1.807, 2.05) is 0 Å². The third-order valence-corrected chi connectivity index (χ3v) is 16.7. The van der Waals surface area contributed by atoms with Gasteiger partial charge in [0.2, 0.25) is 0 Å². The Kier molecular flexibility index (Phi) is 23.0. The maximum atomic E-state index is 12.9. The highest BCUT2D eigenvalue weighted by Gasteiger charge is 2.59. The largest absolute Gasteiger partial charge is 0.462 e. The predicted octanol–water partition coefficient (Wildman–Crippen LogP) is 17.9. The highest BCUT2D eigenvalue weighted by Crippen LogP contribution is 2.67. The minimum absolute atomic E-state index is 0.0661. The molecule has 3 saturated carbocycles. The Bertz CT molecular complexity index is 1130. The standard InChI is InChI=1S/C55H98O2/c1-7-8-9-10-11-12-13-14-15-16-17-18-19-20-21-22-23-24-25-26-27-28-29-30-31-35-53(56)57-48-40-42-54(5)47(44-48)36-37-49-51-39-38-50(46(4)34-32-33-45(2)3)55(51,6)43-41-52(49)54/h16-17,36,45-46,48-52H,7-15,18-35,37-44H2,1-6H3/b17-16-. The number of hydrogen-bond acceptors (Lipinski definition) is 2. The lowest BCUT2D eigenvalue weighted by Crippen LogP contribution is -2.51. The Hall–Kier alpha value is -1.05. The number of esters is 1. The number of hydrogen-bond donors (Lipinski definition) is 0. The number of unbranched alkanes of at least 4 members (excludes halogenated alkanes) is 21. The quantitative estimate of drug-likeness (QED) is 0.0397. The van der Waals surface area contributed by atoms with E-state index in [2.05, 4.69) is 59.8 Å². The van der Waals surface area contributed by atoms with Gasteiger partial charge in [-0.3, -0.25) is 4.79 Å². The van der Waals surface area contributed by atoms with E-state index in [1.54, 1.807) is 5.57 Å². The molecular formula is C55H98O2. The molecule has 2 heteroatoms. The van der Waals surface area contributed by atoms with Crippen LogP contribution in [0, 0.1) is 46.3 Å². The molecule has 3 fully saturated rings. The monoisotopic (exact) mass is 791 g/mol. The molecule has 2 nitrogen and oxygen atoms in total. The Labute approximate surface area is 356 Å². The average molecular weight is 791 g/mol. The molecule has 0 aromatic heterocycles. The average Bonchev–Trinajstić information content (AvgIpc) is 3.55. The predicted molar refractivity (Wildman–Crippen MR) is 249 cm³/mol. The van der Waals surface area contributed by atoms with Crippen molar-refractivity contribution in [3.05, 3.63) is 23.8 Å². The summed E-state index contributed by atoms with van der Waals surface area (Å²) in [7, 11) is 0. The number of allylic oxidation sites excluding steroid dienone is 3. The minimum Gasteiger partial charge on any atom is -0.462 e. The van der Waals surface area contributed by atoms with Crippen molar-refractivity contribution >= 4 is 5.97 Å². The van der Waals surface area contributed by atoms with Crippen LogP contribution in [0.2, 0.25) is 0 Å². The van der Waals surface area contributed by atoms with E-state index in [1.165, 1.54) is 199 Å². The summed E-state index contributed by atoms with van der Waals surface area (Å²) in [5.41, 5.74) is 2.53. The van der Waals surface area contributed by atoms with Crippen LogP contribution in [-0.4, -0.2) is 12.1 Å². The van der Waals surface area contributed by atoms with Crippen LogP contribution >= 0.6 is 0 Å². The van der Waals surface area contributed by atoms with Crippen LogP contribution in [0.3, 0.4) is 0 Å². The van der Waals surface area contributed by atoms with Crippen LogP contribution in [0.15, 0.2) is 23.8 Å². The van der Waals surface area contributed by atoms with E-state index in [-0.39, 0.29) is 12.1 Å². The molecule has 4 rings (SSSR count). The molecule has 4 aliphatic rings. The summed E-state index contributed by atoms with van der Waals surface area (Å²) >= 11 is 0. The van der Waals surface area contributed by atoms with Gasteiger partial charge in [0.05, 0.1) is 0 Å². The molecule has 0 radical (unpaired) electrons. The van der Waals surface area contributed by atoms with Gasteiger partial charge in [-0.1, -0.05) is 200 Å². The third kappa shape index (κ3) is 16.1. The molecule has 8 atom stereocenters. The number of ether oxygens (including phenoxy) is 1. The first-order chi connectivity index (χ1) is 27.7. The van der Waals surface area contributed by atoms with Crippen molar-refractivity contribution < 1.29 is 9.53 Å². The molecule has 0 N–H and O–H groups in total. The topological polar surface area (TPSA) is 26.3 Å². The lowest BCUT2D eigenvalue weighted by atomic mass is 9.47. The van der Waals surface area contributed by atoms with E-state index < -0.39 is 0 Å². The summed E-state index contributed by atoms with van der Waals surface area (Å²) in [5, 5.41) is 0. The van der Waals surface area contributed by atoms with E-state index in [0.717, 1.165) is 54.8 Å². The molecule has 57 heavy (non-hydrogen) atoms. The van der Waals surface area contributed by atoms with Crippen LogP contribution in [0.25, 0.3) is 0 Å². The van der Waals surface area contributed by atoms with Crippen molar-refractivity contribution in [2.75, 3.05) is 0 Å². The molecule has 0 spiro atoms. The van der Waals surface area contributed by atoms with Gasteiger partial charge < -0.3 is 4.74 Å². The van der Waals surface area contributed by atoms with Crippen molar-refractivity contribution in [2.45, 2.75) is 272 Å². The first-order valence-electron chi connectivity index (χ1n) is 26.2. The van der Waals surface area contributed by atoms with Gasteiger partial charge in [0.25, 0.3) is 0 Å². The van der Waals surface area contributed by atoms with Crippen molar-refractivity contribution in [2.24, 2.45) is 46.3 Å². The lowest BCUT2D eigenvalue weighted by molar-refractivity contribution is -0.151. The summed E-state index contributed by atoms with van der Waals surface area (Å²) in [6.07, 6.45) is 54.3.